The minimum Gasteiger partial charge on any atom is -0.356 e. The molecule has 3 aliphatic rings. The number of fused-ring (bicyclic) bond motifs is 3. The molecule has 0 bridgehead atoms. The number of para-hydroxylation sites is 1. The third kappa shape index (κ3) is 3.25. The first kappa shape index (κ1) is 18.7. The van der Waals surface area contributed by atoms with Gasteiger partial charge in [-0.1, -0.05) is 49.2 Å². The normalized spacial score (nSPS) is 23.1. The van der Waals surface area contributed by atoms with E-state index in [0.717, 1.165) is 47.1 Å². The molecule has 2 aliphatic heterocycles. The van der Waals surface area contributed by atoms with Crippen molar-refractivity contribution in [3.05, 3.63) is 35.5 Å². The first-order valence-corrected chi connectivity index (χ1v) is 11.5. The van der Waals surface area contributed by atoms with E-state index in [9.17, 15) is 14.4 Å². The second kappa shape index (κ2) is 7.52. The van der Waals surface area contributed by atoms with E-state index < -0.39 is 0 Å². The van der Waals surface area contributed by atoms with Gasteiger partial charge in [0.2, 0.25) is 11.8 Å². The Balaban J connectivity index is 1.49. The number of thioether (sulfide) groups is 1. The average Bonchev–Trinajstić information content (AvgIpc) is 3.28. The fraction of sp³-hybridized carbons (Fsp3) is 0.500. The van der Waals surface area contributed by atoms with Gasteiger partial charge in [-0.15, -0.1) is 0 Å². The number of benzene rings is 1. The number of H-pyrrole nitrogens is 1. The summed E-state index contributed by atoms with van der Waals surface area (Å²) in [5.74, 6) is 0.184. The van der Waals surface area contributed by atoms with Crippen molar-refractivity contribution in [2.45, 2.75) is 44.6 Å². The Morgan fingerprint density at radius 1 is 1.14 bits per heavy atom. The van der Waals surface area contributed by atoms with Crippen molar-refractivity contribution >= 4 is 39.7 Å². The number of rotatable bonds is 3. The maximum atomic E-state index is 13.3. The lowest BCUT2D eigenvalue weighted by atomic mass is 9.79. The molecule has 1 saturated carbocycles. The molecule has 3 amide bonds. The van der Waals surface area contributed by atoms with E-state index in [0.29, 0.717) is 12.5 Å². The molecule has 1 atom stereocenters. The van der Waals surface area contributed by atoms with Gasteiger partial charge in [0.15, 0.2) is 0 Å². The van der Waals surface area contributed by atoms with E-state index in [1.165, 1.54) is 30.2 Å². The number of hydrogen-bond acceptors (Lipinski definition) is 4. The molecule has 2 aromatic rings. The first-order valence-electron chi connectivity index (χ1n) is 10.5. The van der Waals surface area contributed by atoms with E-state index in [1.54, 1.807) is 0 Å². The Bertz CT molecular complexity index is 963. The summed E-state index contributed by atoms with van der Waals surface area (Å²) in [7, 11) is 0. The van der Waals surface area contributed by atoms with Gasteiger partial charge in [-0.2, -0.15) is 0 Å². The Morgan fingerprint density at radius 3 is 2.69 bits per heavy atom. The van der Waals surface area contributed by atoms with Crippen molar-refractivity contribution in [2.75, 3.05) is 18.8 Å². The molecule has 1 saturated heterocycles. The number of carbonyl (C=O) groups is 3. The van der Waals surface area contributed by atoms with Gasteiger partial charge >= 0.3 is 0 Å². The Morgan fingerprint density at radius 2 is 1.93 bits per heavy atom. The zero-order valence-electron chi connectivity index (χ0n) is 16.4. The van der Waals surface area contributed by atoms with Crippen LogP contribution in [-0.2, 0) is 16.0 Å². The molecule has 1 aliphatic carbocycles. The molecule has 5 rings (SSSR count). The minimum atomic E-state index is -0.305. The summed E-state index contributed by atoms with van der Waals surface area (Å²) in [4.78, 5) is 44.0. The number of aromatic nitrogens is 1. The summed E-state index contributed by atoms with van der Waals surface area (Å²) in [6.45, 7) is 0.502. The van der Waals surface area contributed by atoms with Crippen LogP contribution in [-0.4, -0.2) is 50.7 Å². The zero-order chi connectivity index (χ0) is 20.0. The predicted molar refractivity (Wildman–Crippen MR) is 113 cm³/mol. The topological polar surface area (TPSA) is 73.5 Å². The molecule has 7 heteroatoms. The minimum absolute atomic E-state index is 0.000546. The maximum Gasteiger partial charge on any atom is 0.289 e. The monoisotopic (exact) mass is 411 g/mol. The van der Waals surface area contributed by atoms with E-state index in [4.69, 9.17) is 0 Å². The van der Waals surface area contributed by atoms with Crippen LogP contribution in [0.5, 0.6) is 0 Å². The number of nitrogens with one attached hydrogen (secondary N) is 1. The van der Waals surface area contributed by atoms with Crippen molar-refractivity contribution in [1.29, 1.82) is 0 Å². The van der Waals surface area contributed by atoms with Crippen LogP contribution in [0, 0.1) is 5.92 Å². The van der Waals surface area contributed by atoms with Crippen LogP contribution >= 0.6 is 11.8 Å². The Hall–Kier alpha value is -2.28. The van der Waals surface area contributed by atoms with Crippen LogP contribution in [0.3, 0.4) is 0 Å². The lowest BCUT2D eigenvalue weighted by Crippen LogP contribution is -2.48. The predicted octanol–water partition coefficient (Wildman–Crippen LogP) is 3.87. The van der Waals surface area contributed by atoms with Crippen LogP contribution < -0.4 is 0 Å². The Kier molecular flexibility index (Phi) is 4.86. The van der Waals surface area contributed by atoms with Gasteiger partial charge in [0.1, 0.15) is 6.54 Å². The number of hydrogen-bond donors (Lipinski definition) is 1. The number of nitrogens with zero attached hydrogens (tertiary/aromatic N) is 2. The zero-order valence-corrected chi connectivity index (χ0v) is 17.2. The largest absolute Gasteiger partial charge is 0.356 e. The molecule has 29 heavy (non-hydrogen) atoms. The summed E-state index contributed by atoms with van der Waals surface area (Å²) >= 11 is 0.983. The number of amides is 3. The summed E-state index contributed by atoms with van der Waals surface area (Å²) in [6.07, 6.45) is 6.66. The summed E-state index contributed by atoms with van der Waals surface area (Å²) in [6, 6.07) is 8.34. The summed E-state index contributed by atoms with van der Waals surface area (Å²) in [5, 5.41) is 0.942. The van der Waals surface area contributed by atoms with Crippen molar-refractivity contribution in [3.8, 4) is 0 Å². The van der Waals surface area contributed by atoms with Crippen LogP contribution in [0.2, 0.25) is 0 Å². The van der Waals surface area contributed by atoms with Crippen molar-refractivity contribution < 1.29 is 14.4 Å². The molecule has 0 radical (unpaired) electrons. The lowest BCUT2D eigenvalue weighted by molar-refractivity contribution is -0.140. The quantitative estimate of drug-likeness (QED) is 0.832. The highest BCUT2D eigenvalue weighted by molar-refractivity contribution is 8.14. The highest BCUT2D eigenvalue weighted by Crippen LogP contribution is 2.43. The second-order valence-corrected chi connectivity index (χ2v) is 9.20. The summed E-state index contributed by atoms with van der Waals surface area (Å²) < 4.78 is 0. The number of imide groups is 1. The van der Waals surface area contributed by atoms with E-state index in [-0.39, 0.29) is 35.4 Å². The van der Waals surface area contributed by atoms with Crippen molar-refractivity contribution in [1.82, 2.24) is 14.8 Å². The van der Waals surface area contributed by atoms with Gasteiger partial charge in [-0.05, 0) is 36.8 Å². The third-order valence-electron chi connectivity index (χ3n) is 6.63. The molecule has 152 valence electrons. The van der Waals surface area contributed by atoms with Crippen LogP contribution in [0.1, 0.15) is 49.4 Å². The fourth-order valence-electron chi connectivity index (χ4n) is 5.25. The highest BCUT2D eigenvalue weighted by atomic mass is 32.2. The molecule has 0 spiro atoms. The van der Waals surface area contributed by atoms with Crippen molar-refractivity contribution in [3.63, 3.8) is 0 Å². The molecule has 1 aromatic carbocycles. The molecule has 1 N–H and O–H groups in total. The lowest BCUT2D eigenvalue weighted by Gasteiger charge is -2.42. The Labute approximate surface area is 174 Å². The number of carbonyl (C=O) groups excluding carboxylic acids is 3. The SMILES string of the molecule is O=C1CSC(=O)N1CC(=O)N1CCc2c([nH]c3ccccc23)C1C1CCCCC1. The fourth-order valence-corrected chi connectivity index (χ4v) is 5.97. The van der Waals surface area contributed by atoms with Gasteiger partial charge in [-0.25, -0.2) is 0 Å². The molecule has 2 fully saturated rings. The van der Waals surface area contributed by atoms with E-state index >= 15 is 0 Å². The van der Waals surface area contributed by atoms with Gasteiger partial charge in [0.25, 0.3) is 5.24 Å². The summed E-state index contributed by atoms with van der Waals surface area (Å²) in [5.41, 5.74) is 3.60. The third-order valence-corrected chi connectivity index (χ3v) is 7.49. The smallest absolute Gasteiger partial charge is 0.289 e. The first-order chi connectivity index (χ1) is 14.1. The van der Waals surface area contributed by atoms with Gasteiger partial charge in [0.05, 0.1) is 11.8 Å². The molecule has 3 heterocycles. The van der Waals surface area contributed by atoms with Crippen LogP contribution in [0.4, 0.5) is 4.79 Å². The van der Waals surface area contributed by atoms with E-state index in [1.807, 2.05) is 11.0 Å². The number of aromatic amines is 1. The molecular formula is C22H25N3O3S. The molecule has 1 unspecified atom stereocenters. The van der Waals surface area contributed by atoms with Gasteiger partial charge in [-0.3, -0.25) is 19.3 Å². The van der Waals surface area contributed by atoms with Gasteiger partial charge < -0.3 is 9.88 Å². The van der Waals surface area contributed by atoms with Crippen LogP contribution in [0.15, 0.2) is 24.3 Å². The maximum absolute atomic E-state index is 13.3. The molecular weight excluding hydrogens is 386 g/mol. The molecule has 1 aromatic heterocycles. The van der Waals surface area contributed by atoms with Crippen LogP contribution in [0.25, 0.3) is 10.9 Å². The average molecular weight is 412 g/mol. The standard InChI is InChI=1S/C22H25N3O3S/c26-18(12-25-19(27)13-29-22(25)28)24-11-10-16-15-8-4-5-9-17(15)23-20(16)21(24)14-6-2-1-3-7-14/h4-5,8-9,14,21,23H,1-3,6-7,10-13H2. The second-order valence-electron chi connectivity index (χ2n) is 8.28. The molecule has 6 nitrogen and oxygen atoms in total. The van der Waals surface area contributed by atoms with E-state index in [2.05, 4.69) is 23.2 Å². The van der Waals surface area contributed by atoms with Gasteiger partial charge in [0, 0.05) is 23.1 Å². The highest BCUT2D eigenvalue weighted by Gasteiger charge is 2.40. The van der Waals surface area contributed by atoms with Crippen molar-refractivity contribution in [2.24, 2.45) is 5.92 Å².